The average Bonchev–Trinajstić information content (AvgIpc) is 2.48. The van der Waals surface area contributed by atoms with Crippen molar-refractivity contribution in [2.75, 3.05) is 13.2 Å². The maximum Gasteiger partial charge on any atom is 0.338 e. The number of phenols is 3. The fraction of sp³-hybridized carbons (Fsp3) is 0.462. The standard InChI is InChI=1S/C13H16O9/c14-6-1-5(2-7(15)10(6)17)13(20)22-4-9-12(19)11(18)8(16)3-21-9/h1-2,8-9,11-12,14-19H,3-4H2. The number of aliphatic hydroxyl groups excluding tert-OH is 3. The van der Waals surface area contributed by atoms with Crippen molar-refractivity contribution in [1.29, 1.82) is 0 Å². The Hall–Kier alpha value is -2.07. The van der Waals surface area contributed by atoms with Gasteiger partial charge >= 0.3 is 5.97 Å². The summed E-state index contributed by atoms with van der Waals surface area (Å²) in [4.78, 5) is 11.8. The molecule has 1 heterocycles. The lowest BCUT2D eigenvalue weighted by molar-refractivity contribution is -0.195. The molecule has 4 unspecified atom stereocenters. The zero-order valence-electron chi connectivity index (χ0n) is 11.3. The minimum absolute atomic E-state index is 0.221. The molecular weight excluding hydrogens is 300 g/mol. The molecule has 2 rings (SSSR count). The summed E-state index contributed by atoms with van der Waals surface area (Å²) in [5.41, 5.74) is -0.223. The van der Waals surface area contributed by atoms with Crippen molar-refractivity contribution in [3.8, 4) is 17.2 Å². The molecule has 0 bridgehead atoms. The van der Waals surface area contributed by atoms with Crippen LogP contribution < -0.4 is 0 Å². The van der Waals surface area contributed by atoms with Gasteiger partial charge in [-0.1, -0.05) is 0 Å². The number of rotatable bonds is 3. The third-order valence-corrected chi connectivity index (χ3v) is 3.29. The number of hydrogen-bond donors (Lipinski definition) is 6. The zero-order valence-corrected chi connectivity index (χ0v) is 11.3. The highest BCUT2D eigenvalue weighted by molar-refractivity contribution is 5.91. The molecule has 1 aliphatic heterocycles. The number of phenolic OH excluding ortho intramolecular Hbond substituents is 3. The molecule has 0 spiro atoms. The molecule has 1 saturated heterocycles. The maximum atomic E-state index is 11.8. The summed E-state index contributed by atoms with van der Waals surface area (Å²) < 4.78 is 9.90. The van der Waals surface area contributed by atoms with E-state index in [1.807, 2.05) is 0 Å². The predicted molar refractivity (Wildman–Crippen MR) is 69.5 cm³/mol. The summed E-state index contributed by atoms with van der Waals surface area (Å²) in [5.74, 6) is -3.10. The second-order valence-corrected chi connectivity index (χ2v) is 4.88. The highest BCUT2D eigenvalue weighted by Gasteiger charge is 2.38. The number of carbonyl (C=O) groups excluding carboxylic acids is 1. The van der Waals surface area contributed by atoms with Crippen LogP contribution in [0.25, 0.3) is 0 Å². The van der Waals surface area contributed by atoms with Crippen LogP contribution in [0.1, 0.15) is 10.4 Å². The van der Waals surface area contributed by atoms with E-state index in [0.717, 1.165) is 12.1 Å². The number of carbonyl (C=O) groups is 1. The highest BCUT2D eigenvalue weighted by Crippen LogP contribution is 2.35. The van der Waals surface area contributed by atoms with Crippen molar-refractivity contribution in [2.45, 2.75) is 24.4 Å². The largest absolute Gasteiger partial charge is 0.504 e. The third-order valence-electron chi connectivity index (χ3n) is 3.29. The van der Waals surface area contributed by atoms with E-state index in [4.69, 9.17) is 9.47 Å². The lowest BCUT2D eigenvalue weighted by atomic mass is 10.0. The number of ether oxygens (including phenoxy) is 2. The minimum Gasteiger partial charge on any atom is -0.504 e. The van der Waals surface area contributed by atoms with Crippen LogP contribution >= 0.6 is 0 Å². The summed E-state index contributed by atoms with van der Waals surface area (Å²) in [7, 11) is 0. The molecular formula is C13H16O9. The van der Waals surface area contributed by atoms with Crippen LogP contribution in [0.3, 0.4) is 0 Å². The summed E-state index contributed by atoms with van der Waals surface area (Å²) in [6, 6.07) is 1.79. The molecule has 1 aromatic carbocycles. The topological polar surface area (TPSA) is 157 Å². The van der Waals surface area contributed by atoms with Crippen LogP contribution in [0.15, 0.2) is 12.1 Å². The average molecular weight is 316 g/mol. The summed E-state index contributed by atoms with van der Waals surface area (Å²) in [5, 5.41) is 56.2. The Morgan fingerprint density at radius 1 is 1.14 bits per heavy atom. The maximum absolute atomic E-state index is 11.8. The Bertz CT molecular complexity index is 535. The van der Waals surface area contributed by atoms with Gasteiger partial charge in [-0.05, 0) is 12.1 Å². The molecule has 4 atom stereocenters. The predicted octanol–water partition coefficient (Wildman–Crippen LogP) is -1.56. The van der Waals surface area contributed by atoms with Gasteiger partial charge in [0, 0.05) is 0 Å². The zero-order chi connectivity index (χ0) is 16.4. The van der Waals surface area contributed by atoms with Gasteiger partial charge in [0.2, 0.25) is 0 Å². The van der Waals surface area contributed by atoms with Gasteiger partial charge in [-0.15, -0.1) is 0 Å². The summed E-state index contributed by atoms with van der Waals surface area (Å²) in [6.45, 7) is -0.632. The van der Waals surface area contributed by atoms with Crippen molar-refractivity contribution in [3.05, 3.63) is 17.7 Å². The number of aliphatic hydroxyl groups is 3. The van der Waals surface area contributed by atoms with Crippen molar-refractivity contribution >= 4 is 5.97 Å². The number of esters is 1. The van der Waals surface area contributed by atoms with E-state index in [-0.39, 0.29) is 12.2 Å². The molecule has 1 aromatic rings. The smallest absolute Gasteiger partial charge is 0.338 e. The first-order valence-electron chi connectivity index (χ1n) is 6.39. The van der Waals surface area contributed by atoms with Crippen LogP contribution in [0.5, 0.6) is 17.2 Å². The molecule has 9 nitrogen and oxygen atoms in total. The SMILES string of the molecule is O=C(OCC1OCC(O)C(O)C1O)c1cc(O)c(O)c(O)c1. The Labute approximate surface area is 124 Å². The van der Waals surface area contributed by atoms with E-state index in [0.29, 0.717) is 0 Å². The van der Waals surface area contributed by atoms with Crippen LogP contribution in [-0.2, 0) is 9.47 Å². The molecule has 22 heavy (non-hydrogen) atoms. The van der Waals surface area contributed by atoms with Gasteiger partial charge in [-0.25, -0.2) is 4.79 Å². The van der Waals surface area contributed by atoms with Gasteiger partial charge in [0.1, 0.15) is 31.0 Å². The Balaban J connectivity index is 1.98. The molecule has 0 radical (unpaired) electrons. The number of hydrogen-bond acceptors (Lipinski definition) is 9. The number of benzene rings is 1. The molecule has 6 N–H and O–H groups in total. The molecule has 122 valence electrons. The normalized spacial score (nSPS) is 28.3. The first-order chi connectivity index (χ1) is 10.3. The van der Waals surface area contributed by atoms with E-state index < -0.39 is 54.2 Å². The fourth-order valence-electron chi connectivity index (χ4n) is 1.98. The third kappa shape index (κ3) is 3.22. The Kier molecular flexibility index (Phi) is 4.71. The lowest BCUT2D eigenvalue weighted by Gasteiger charge is -2.34. The highest BCUT2D eigenvalue weighted by atomic mass is 16.6. The molecule has 1 aliphatic rings. The van der Waals surface area contributed by atoms with Gasteiger partial charge in [-0.2, -0.15) is 0 Å². The van der Waals surface area contributed by atoms with Gasteiger partial charge in [0.25, 0.3) is 0 Å². The summed E-state index contributed by atoms with van der Waals surface area (Å²) in [6.07, 6.45) is -5.10. The van der Waals surface area contributed by atoms with E-state index in [1.165, 1.54) is 0 Å². The van der Waals surface area contributed by atoms with Crippen molar-refractivity contribution in [2.24, 2.45) is 0 Å². The van der Waals surface area contributed by atoms with Crippen LogP contribution in [0, 0.1) is 0 Å². The number of aromatic hydroxyl groups is 3. The second-order valence-electron chi connectivity index (χ2n) is 4.88. The molecule has 0 amide bonds. The van der Waals surface area contributed by atoms with Crippen molar-refractivity contribution < 1.29 is 44.9 Å². The Morgan fingerprint density at radius 3 is 2.32 bits per heavy atom. The van der Waals surface area contributed by atoms with Crippen LogP contribution in [-0.4, -0.2) is 74.2 Å². The molecule has 0 saturated carbocycles. The summed E-state index contributed by atoms with van der Waals surface area (Å²) >= 11 is 0. The molecule has 0 aromatic heterocycles. The van der Waals surface area contributed by atoms with Gasteiger partial charge in [-0.3, -0.25) is 0 Å². The van der Waals surface area contributed by atoms with Gasteiger partial charge < -0.3 is 40.1 Å². The van der Waals surface area contributed by atoms with Gasteiger partial charge in [0.15, 0.2) is 17.2 Å². The van der Waals surface area contributed by atoms with Crippen LogP contribution in [0.4, 0.5) is 0 Å². The molecule has 1 fully saturated rings. The fourth-order valence-corrected chi connectivity index (χ4v) is 1.98. The van der Waals surface area contributed by atoms with Gasteiger partial charge in [0.05, 0.1) is 12.2 Å². The quantitative estimate of drug-likeness (QED) is 0.286. The van der Waals surface area contributed by atoms with E-state index in [2.05, 4.69) is 0 Å². The lowest BCUT2D eigenvalue weighted by Crippen LogP contribution is -2.54. The van der Waals surface area contributed by atoms with Crippen LogP contribution in [0.2, 0.25) is 0 Å². The minimum atomic E-state index is -1.43. The van der Waals surface area contributed by atoms with Crippen molar-refractivity contribution in [3.63, 3.8) is 0 Å². The first kappa shape index (κ1) is 16.3. The van der Waals surface area contributed by atoms with Crippen molar-refractivity contribution in [1.82, 2.24) is 0 Å². The van der Waals surface area contributed by atoms with E-state index in [1.54, 1.807) is 0 Å². The van der Waals surface area contributed by atoms with E-state index in [9.17, 15) is 35.4 Å². The monoisotopic (exact) mass is 316 g/mol. The second kappa shape index (κ2) is 6.36. The molecule has 9 heteroatoms. The molecule has 0 aliphatic carbocycles. The first-order valence-corrected chi connectivity index (χ1v) is 6.39. The van der Waals surface area contributed by atoms with E-state index >= 15 is 0 Å². The Morgan fingerprint density at radius 2 is 1.73 bits per heavy atom.